The van der Waals surface area contributed by atoms with E-state index in [9.17, 15) is 13.2 Å². The van der Waals surface area contributed by atoms with Gasteiger partial charge in [-0.2, -0.15) is 0 Å². The standard InChI is InChI=1S/C42H45F3N4O.3ClH/c1-27-17-35(18-28(2)31(27)5)37-21-34(23-46-24-37)26-49(38-7-9-40(10-8-38)50-42(43,44)45)39-12-15-48(16-13-39)25-33-11-14-47-41(22-33)36-19-29(3)32(6)30(4)20-36;;;/h7-11,14,17-24,39H,12-13,15-16,25-26H2,1-6H3;3*1H. The van der Waals surface area contributed by atoms with Crippen molar-refractivity contribution in [3.63, 3.8) is 0 Å². The Morgan fingerprint density at radius 2 is 1.26 bits per heavy atom. The van der Waals surface area contributed by atoms with Crippen molar-refractivity contribution in [3.8, 4) is 28.1 Å². The maximum absolute atomic E-state index is 12.9. The molecule has 6 rings (SSSR count). The van der Waals surface area contributed by atoms with Crippen molar-refractivity contribution in [2.24, 2.45) is 0 Å². The second kappa shape index (κ2) is 18.5. The summed E-state index contributed by atoms with van der Waals surface area (Å²) in [6, 6.07) is 21.7. The molecule has 0 radical (unpaired) electrons. The number of alkyl halides is 3. The predicted octanol–water partition coefficient (Wildman–Crippen LogP) is 11.5. The number of hydrogen-bond donors (Lipinski definition) is 0. The van der Waals surface area contributed by atoms with Crippen LogP contribution in [0.4, 0.5) is 18.9 Å². The summed E-state index contributed by atoms with van der Waals surface area (Å²) in [6.45, 7) is 16.0. The van der Waals surface area contributed by atoms with Crippen LogP contribution in [0.1, 0.15) is 57.3 Å². The Hall–Kier alpha value is -3.82. The molecule has 1 fully saturated rings. The molecule has 5 nitrogen and oxygen atoms in total. The average Bonchev–Trinajstić information content (AvgIpc) is 3.08. The summed E-state index contributed by atoms with van der Waals surface area (Å²) in [5.41, 5.74) is 15.0. The van der Waals surface area contributed by atoms with E-state index in [2.05, 4.69) is 109 Å². The van der Waals surface area contributed by atoms with E-state index in [0.29, 0.717) is 6.54 Å². The van der Waals surface area contributed by atoms with Crippen molar-refractivity contribution in [1.29, 1.82) is 0 Å². The molecule has 0 aliphatic carbocycles. The Kier molecular flexibility index (Phi) is 15.2. The fraction of sp³-hybridized carbons (Fsp3) is 0.333. The second-order valence-electron chi connectivity index (χ2n) is 13.8. The number of piperidine rings is 1. The maximum atomic E-state index is 12.9. The molecular weight excluding hydrogens is 740 g/mol. The van der Waals surface area contributed by atoms with Crippen LogP contribution in [0, 0.1) is 41.5 Å². The van der Waals surface area contributed by atoms with Crippen LogP contribution in [0.15, 0.2) is 85.3 Å². The van der Waals surface area contributed by atoms with Crippen molar-refractivity contribution in [2.45, 2.75) is 79.9 Å². The van der Waals surface area contributed by atoms with Gasteiger partial charge in [-0.3, -0.25) is 14.9 Å². The summed E-state index contributed by atoms with van der Waals surface area (Å²) in [7, 11) is 0. The smallest absolute Gasteiger partial charge is 0.406 e. The Bertz CT molecular complexity index is 1930. The number of anilines is 1. The van der Waals surface area contributed by atoms with E-state index in [0.717, 1.165) is 66.1 Å². The van der Waals surface area contributed by atoms with Crippen LogP contribution in [0.25, 0.3) is 22.4 Å². The molecule has 1 aliphatic heterocycles. The molecule has 0 bridgehead atoms. The number of aryl methyl sites for hydroxylation is 4. The number of hydrogen-bond acceptors (Lipinski definition) is 5. The summed E-state index contributed by atoms with van der Waals surface area (Å²) < 4.78 is 43.0. The number of nitrogens with zero attached hydrogens (tertiary/aromatic N) is 4. The highest BCUT2D eigenvalue weighted by atomic mass is 35.5. The third-order valence-corrected chi connectivity index (χ3v) is 10.3. The van der Waals surface area contributed by atoms with E-state index < -0.39 is 6.36 Å². The van der Waals surface area contributed by atoms with Crippen LogP contribution in [0.2, 0.25) is 0 Å². The lowest BCUT2D eigenvalue weighted by atomic mass is 9.96. The second-order valence-corrected chi connectivity index (χ2v) is 13.8. The van der Waals surface area contributed by atoms with Crippen molar-refractivity contribution in [1.82, 2.24) is 14.9 Å². The van der Waals surface area contributed by atoms with Gasteiger partial charge in [0.15, 0.2) is 0 Å². The summed E-state index contributed by atoms with van der Waals surface area (Å²) in [5, 5.41) is 0. The maximum Gasteiger partial charge on any atom is 0.573 e. The van der Waals surface area contributed by atoms with Gasteiger partial charge in [0.05, 0.1) is 5.69 Å². The molecule has 2 aromatic heterocycles. The van der Waals surface area contributed by atoms with E-state index >= 15 is 0 Å². The first-order valence-electron chi connectivity index (χ1n) is 17.2. The number of halogens is 6. The first kappa shape index (κ1) is 43.6. The Balaban J connectivity index is 0.00000252. The number of aromatic nitrogens is 2. The molecule has 11 heteroatoms. The number of benzene rings is 3. The van der Waals surface area contributed by atoms with Crippen LogP contribution in [0.5, 0.6) is 5.75 Å². The quantitative estimate of drug-likeness (QED) is 0.149. The van der Waals surface area contributed by atoms with E-state index in [4.69, 9.17) is 0 Å². The van der Waals surface area contributed by atoms with Gasteiger partial charge in [-0.1, -0.05) is 12.1 Å². The largest absolute Gasteiger partial charge is 0.573 e. The van der Waals surface area contributed by atoms with Crippen LogP contribution in [-0.2, 0) is 13.1 Å². The first-order chi connectivity index (χ1) is 23.8. The van der Waals surface area contributed by atoms with Gasteiger partial charge in [0.25, 0.3) is 0 Å². The lowest BCUT2D eigenvalue weighted by molar-refractivity contribution is -0.274. The molecule has 0 amide bonds. The summed E-state index contributed by atoms with van der Waals surface area (Å²) in [4.78, 5) is 14.1. The van der Waals surface area contributed by atoms with Crippen molar-refractivity contribution >= 4 is 42.9 Å². The van der Waals surface area contributed by atoms with E-state index in [1.165, 1.54) is 51.1 Å². The normalized spacial score (nSPS) is 13.4. The summed E-state index contributed by atoms with van der Waals surface area (Å²) >= 11 is 0. The fourth-order valence-electron chi connectivity index (χ4n) is 6.96. The molecule has 0 saturated carbocycles. The average molecular weight is 788 g/mol. The van der Waals surface area contributed by atoms with Crippen LogP contribution < -0.4 is 9.64 Å². The minimum atomic E-state index is -4.74. The van der Waals surface area contributed by atoms with E-state index in [1.54, 1.807) is 12.1 Å². The SMILES string of the molecule is Cc1cc(-c2cncc(CN(c3ccc(OC(F)(F)F)cc3)C3CCN(Cc4ccnc(-c5cc(C)c(C)c(C)c5)c4)CC3)c2)cc(C)c1C.Cl.Cl.Cl. The molecule has 0 atom stereocenters. The highest BCUT2D eigenvalue weighted by molar-refractivity contribution is 5.86. The van der Waals surface area contributed by atoms with Crippen molar-refractivity contribution < 1.29 is 17.9 Å². The monoisotopic (exact) mass is 786 g/mol. The van der Waals surface area contributed by atoms with Crippen molar-refractivity contribution in [2.75, 3.05) is 18.0 Å². The Morgan fingerprint density at radius 1 is 0.698 bits per heavy atom. The third-order valence-electron chi connectivity index (χ3n) is 10.3. The molecule has 0 unspecified atom stereocenters. The molecule has 1 aliphatic rings. The summed E-state index contributed by atoms with van der Waals surface area (Å²) in [5.74, 6) is -0.225. The number of pyridine rings is 2. The molecule has 1 saturated heterocycles. The predicted molar refractivity (Wildman–Crippen MR) is 217 cm³/mol. The molecule has 3 aromatic carbocycles. The van der Waals surface area contributed by atoms with Gasteiger partial charge >= 0.3 is 6.36 Å². The minimum absolute atomic E-state index is 0. The van der Waals surface area contributed by atoms with Gasteiger partial charge in [-0.25, -0.2) is 0 Å². The molecular formula is C42H48Cl3F3N4O. The zero-order chi connectivity index (χ0) is 35.6. The molecule has 0 spiro atoms. The molecule has 0 N–H and O–H groups in total. The summed E-state index contributed by atoms with van der Waals surface area (Å²) in [6.07, 6.45) is 2.78. The van der Waals surface area contributed by atoms with Gasteiger partial charge in [-0.05, 0) is 159 Å². The Labute approximate surface area is 330 Å². The topological polar surface area (TPSA) is 41.5 Å². The number of rotatable bonds is 9. The van der Waals surface area contributed by atoms with E-state index in [-0.39, 0.29) is 49.0 Å². The van der Waals surface area contributed by atoms with E-state index in [1.807, 2.05) is 18.6 Å². The Morgan fingerprint density at radius 3 is 1.83 bits per heavy atom. The van der Waals surface area contributed by atoms with Crippen LogP contribution >= 0.6 is 37.2 Å². The molecule has 5 aromatic rings. The van der Waals surface area contributed by atoms with Crippen molar-refractivity contribution in [3.05, 3.63) is 130 Å². The minimum Gasteiger partial charge on any atom is -0.406 e. The highest BCUT2D eigenvalue weighted by Crippen LogP contribution is 2.32. The molecule has 284 valence electrons. The third kappa shape index (κ3) is 10.9. The van der Waals surface area contributed by atoms with Gasteiger partial charge in [0.2, 0.25) is 0 Å². The zero-order valence-electron chi connectivity index (χ0n) is 31.0. The van der Waals surface area contributed by atoms with Gasteiger partial charge < -0.3 is 9.64 Å². The van der Waals surface area contributed by atoms with Crippen LogP contribution in [-0.4, -0.2) is 40.4 Å². The molecule has 53 heavy (non-hydrogen) atoms. The molecule has 3 heterocycles. The lowest BCUT2D eigenvalue weighted by Gasteiger charge is -2.40. The number of ether oxygens (including phenoxy) is 1. The van der Waals surface area contributed by atoms with Gasteiger partial charge in [-0.15, -0.1) is 50.4 Å². The first-order valence-corrected chi connectivity index (χ1v) is 17.2. The highest BCUT2D eigenvalue weighted by Gasteiger charge is 2.31. The fourth-order valence-corrected chi connectivity index (χ4v) is 6.96. The van der Waals surface area contributed by atoms with Crippen LogP contribution in [0.3, 0.4) is 0 Å². The van der Waals surface area contributed by atoms with Gasteiger partial charge in [0.1, 0.15) is 5.75 Å². The zero-order valence-corrected chi connectivity index (χ0v) is 33.4. The van der Waals surface area contributed by atoms with Gasteiger partial charge in [0, 0.05) is 67.6 Å². The lowest BCUT2D eigenvalue weighted by Crippen LogP contribution is -2.44. The number of likely N-dealkylation sites (tertiary alicyclic amines) is 1.